The summed E-state index contributed by atoms with van der Waals surface area (Å²) >= 11 is 0. The van der Waals surface area contributed by atoms with Crippen molar-refractivity contribution in [3.63, 3.8) is 0 Å². The van der Waals surface area contributed by atoms with E-state index in [4.69, 9.17) is 4.74 Å². The van der Waals surface area contributed by atoms with Crippen molar-refractivity contribution in [2.45, 2.75) is 36.5 Å². The molecule has 226 valence electrons. The number of fused-ring (bicyclic) bond motifs is 1. The van der Waals surface area contributed by atoms with Gasteiger partial charge in [0, 0.05) is 23.8 Å². The van der Waals surface area contributed by atoms with Crippen molar-refractivity contribution in [2.75, 3.05) is 50.3 Å². The molecule has 0 aliphatic carbocycles. The second kappa shape index (κ2) is 12.1. The van der Waals surface area contributed by atoms with Gasteiger partial charge in [-0.3, -0.25) is 4.90 Å². The van der Waals surface area contributed by atoms with Crippen molar-refractivity contribution in [3.05, 3.63) is 47.9 Å². The molecule has 1 aliphatic rings. The Labute approximate surface area is 240 Å². The van der Waals surface area contributed by atoms with Gasteiger partial charge >= 0.3 is 12.3 Å². The molecule has 1 aromatic heterocycles. The van der Waals surface area contributed by atoms with Gasteiger partial charge in [-0.1, -0.05) is 5.92 Å². The van der Waals surface area contributed by atoms with E-state index in [0.717, 1.165) is 27.9 Å². The lowest BCUT2D eigenvalue weighted by Gasteiger charge is -2.36. The number of aromatic nitrogens is 1. The SMILES string of the molecule is COc1cc(S(C)(=O)=O)ccc1NCC#Cc1cc2c(N(C(=O)O)C3CCN(C)CC3)cc(F)cc2n1CC(F)(F)F. The number of alkyl halides is 3. The maximum absolute atomic E-state index is 14.8. The standard InChI is InChI=1S/C28H30F4N4O5S/c1-34-11-8-19(9-12-34)36(27(37)38)25-14-18(29)13-24-22(25)15-20(35(24)17-28(30,31)32)5-4-10-33-23-7-6-21(42(3,39)40)16-26(23)41-2/h6-7,13-16,19,33H,8-12,17H2,1-3H3,(H,37,38). The van der Waals surface area contributed by atoms with Crippen LogP contribution in [0.5, 0.6) is 5.75 Å². The fourth-order valence-corrected chi connectivity index (χ4v) is 5.63. The molecule has 14 heteroatoms. The van der Waals surface area contributed by atoms with Gasteiger partial charge in [0.2, 0.25) is 0 Å². The highest BCUT2D eigenvalue weighted by molar-refractivity contribution is 7.90. The Balaban J connectivity index is 1.72. The number of likely N-dealkylation sites (tertiary alicyclic amines) is 1. The van der Waals surface area contributed by atoms with Gasteiger partial charge in [0.1, 0.15) is 18.1 Å². The molecule has 2 N–H and O–H groups in total. The minimum absolute atomic E-state index is 0.0372. The number of hydrogen-bond donors (Lipinski definition) is 2. The Hall–Kier alpha value is -3.96. The number of nitrogens with one attached hydrogen (secondary N) is 1. The number of piperidine rings is 1. The van der Waals surface area contributed by atoms with Gasteiger partial charge in [0.05, 0.1) is 41.1 Å². The van der Waals surface area contributed by atoms with Crippen LogP contribution >= 0.6 is 0 Å². The number of hydrogen-bond acceptors (Lipinski definition) is 6. The number of methoxy groups -OCH3 is 1. The molecule has 0 atom stereocenters. The van der Waals surface area contributed by atoms with Crippen LogP contribution in [0, 0.1) is 17.7 Å². The van der Waals surface area contributed by atoms with Gasteiger partial charge in [0.25, 0.3) is 0 Å². The third-order valence-corrected chi connectivity index (χ3v) is 8.12. The molecule has 3 aromatic rings. The molecule has 0 spiro atoms. The van der Waals surface area contributed by atoms with E-state index in [2.05, 4.69) is 17.2 Å². The summed E-state index contributed by atoms with van der Waals surface area (Å²) in [5.74, 6) is 4.78. The number of amides is 1. The third kappa shape index (κ3) is 7.08. The van der Waals surface area contributed by atoms with E-state index in [1.807, 2.05) is 11.9 Å². The van der Waals surface area contributed by atoms with Crippen LogP contribution in [0.1, 0.15) is 18.5 Å². The normalized spacial score (nSPS) is 14.8. The molecule has 0 radical (unpaired) electrons. The van der Waals surface area contributed by atoms with Crippen LogP contribution in [-0.4, -0.2) is 81.4 Å². The first-order valence-electron chi connectivity index (χ1n) is 12.9. The van der Waals surface area contributed by atoms with Crippen LogP contribution in [0.4, 0.5) is 33.7 Å². The molecule has 1 fully saturated rings. The van der Waals surface area contributed by atoms with Crippen molar-refractivity contribution in [3.8, 4) is 17.6 Å². The van der Waals surface area contributed by atoms with Crippen molar-refractivity contribution >= 4 is 38.2 Å². The first-order chi connectivity index (χ1) is 19.7. The predicted octanol–water partition coefficient (Wildman–Crippen LogP) is 4.80. The zero-order valence-corrected chi connectivity index (χ0v) is 23.9. The molecule has 4 rings (SSSR count). The summed E-state index contributed by atoms with van der Waals surface area (Å²) in [7, 11) is -0.214. The summed E-state index contributed by atoms with van der Waals surface area (Å²) in [6.45, 7) is -0.278. The molecule has 1 amide bonds. The first kappa shape index (κ1) is 31.0. The van der Waals surface area contributed by atoms with Crippen molar-refractivity contribution in [2.24, 2.45) is 0 Å². The van der Waals surface area contributed by atoms with Crippen LogP contribution in [0.3, 0.4) is 0 Å². The zero-order chi connectivity index (χ0) is 30.8. The van der Waals surface area contributed by atoms with E-state index in [9.17, 15) is 35.9 Å². The van der Waals surface area contributed by atoms with E-state index >= 15 is 0 Å². The van der Waals surface area contributed by atoms with Gasteiger partial charge < -0.3 is 24.6 Å². The van der Waals surface area contributed by atoms with Crippen molar-refractivity contribution < 1.29 is 40.6 Å². The Morgan fingerprint density at radius 2 is 1.88 bits per heavy atom. The molecule has 0 unspecified atom stereocenters. The predicted molar refractivity (Wildman–Crippen MR) is 150 cm³/mol. The summed E-state index contributed by atoms with van der Waals surface area (Å²) in [6, 6.07) is 7.03. The van der Waals surface area contributed by atoms with Gasteiger partial charge in [-0.05, 0) is 69.2 Å². The average molecular weight is 611 g/mol. The molecular weight excluding hydrogens is 580 g/mol. The number of sulfone groups is 1. The number of carboxylic acid groups (broad SMARTS) is 1. The van der Waals surface area contributed by atoms with E-state index < -0.39 is 40.5 Å². The zero-order valence-electron chi connectivity index (χ0n) is 23.1. The van der Waals surface area contributed by atoms with E-state index in [1.165, 1.54) is 31.4 Å². The van der Waals surface area contributed by atoms with Crippen molar-refractivity contribution in [1.82, 2.24) is 9.47 Å². The number of carbonyl (C=O) groups is 1. The quantitative estimate of drug-likeness (QED) is 0.293. The molecular formula is C28H30F4N4O5S. The van der Waals surface area contributed by atoms with Gasteiger partial charge in [0.15, 0.2) is 9.84 Å². The molecule has 42 heavy (non-hydrogen) atoms. The summed E-state index contributed by atoms with van der Waals surface area (Å²) in [6.07, 6.45) is -3.97. The van der Waals surface area contributed by atoms with Gasteiger partial charge in [-0.2, -0.15) is 13.2 Å². The Bertz CT molecular complexity index is 1650. The number of halogens is 4. The van der Waals surface area contributed by atoms with Crippen LogP contribution in [0.2, 0.25) is 0 Å². The summed E-state index contributed by atoms with van der Waals surface area (Å²) in [5, 5.41) is 13.1. The molecule has 0 saturated carbocycles. The fourth-order valence-electron chi connectivity index (χ4n) is 4.99. The Morgan fingerprint density at radius 3 is 2.48 bits per heavy atom. The number of benzene rings is 2. The lowest BCUT2D eigenvalue weighted by atomic mass is 10.0. The van der Waals surface area contributed by atoms with E-state index in [-0.39, 0.29) is 39.5 Å². The van der Waals surface area contributed by atoms with E-state index in [1.54, 1.807) is 0 Å². The topological polar surface area (TPSA) is 104 Å². The fraction of sp³-hybridized carbons (Fsp3) is 0.393. The van der Waals surface area contributed by atoms with Crippen LogP contribution in [0.15, 0.2) is 41.3 Å². The summed E-state index contributed by atoms with van der Waals surface area (Å²) < 4.78 is 85.4. The first-order valence-corrected chi connectivity index (χ1v) is 14.8. The molecule has 2 aromatic carbocycles. The minimum Gasteiger partial charge on any atom is -0.495 e. The van der Waals surface area contributed by atoms with Crippen LogP contribution in [-0.2, 0) is 16.4 Å². The highest BCUT2D eigenvalue weighted by Crippen LogP contribution is 2.36. The molecule has 1 saturated heterocycles. The molecule has 9 nitrogen and oxygen atoms in total. The lowest BCUT2D eigenvalue weighted by molar-refractivity contribution is -0.140. The van der Waals surface area contributed by atoms with Gasteiger partial charge in [-0.25, -0.2) is 17.6 Å². The third-order valence-electron chi connectivity index (χ3n) is 7.00. The van der Waals surface area contributed by atoms with Crippen molar-refractivity contribution in [1.29, 1.82) is 0 Å². The Morgan fingerprint density at radius 1 is 1.19 bits per heavy atom. The summed E-state index contributed by atoms with van der Waals surface area (Å²) in [4.78, 5) is 15.5. The summed E-state index contributed by atoms with van der Waals surface area (Å²) in [5.41, 5.74) is 0.167. The molecule has 1 aliphatic heterocycles. The highest BCUT2D eigenvalue weighted by atomic mass is 32.2. The second-order valence-electron chi connectivity index (χ2n) is 10.1. The largest absolute Gasteiger partial charge is 0.495 e. The monoisotopic (exact) mass is 610 g/mol. The average Bonchev–Trinajstić information content (AvgIpc) is 3.22. The van der Waals surface area contributed by atoms with Crippen LogP contribution in [0.25, 0.3) is 10.9 Å². The second-order valence-corrected chi connectivity index (χ2v) is 12.1. The number of rotatable bonds is 7. The highest BCUT2D eigenvalue weighted by Gasteiger charge is 2.33. The smallest absolute Gasteiger partial charge is 0.412 e. The van der Waals surface area contributed by atoms with Crippen LogP contribution < -0.4 is 15.0 Å². The number of nitrogens with zero attached hydrogens (tertiary/aromatic N) is 3. The minimum atomic E-state index is -4.66. The Kier molecular flexibility index (Phi) is 8.93. The van der Waals surface area contributed by atoms with Gasteiger partial charge in [-0.15, -0.1) is 0 Å². The molecule has 2 heterocycles. The maximum atomic E-state index is 14.8. The lowest BCUT2D eigenvalue weighted by Crippen LogP contribution is -2.46. The molecule has 0 bridgehead atoms. The number of anilines is 2. The maximum Gasteiger partial charge on any atom is 0.412 e. The van der Waals surface area contributed by atoms with E-state index in [0.29, 0.717) is 31.6 Å². The number of ether oxygens (including phenoxy) is 1.